The van der Waals surface area contributed by atoms with E-state index < -0.39 is 17.5 Å². The number of halogens is 1. The lowest BCUT2D eigenvalue weighted by atomic mass is 10.1. The molecule has 0 saturated carbocycles. The van der Waals surface area contributed by atoms with Gasteiger partial charge in [0.05, 0.1) is 17.3 Å². The van der Waals surface area contributed by atoms with Crippen LogP contribution in [-0.4, -0.2) is 30.6 Å². The summed E-state index contributed by atoms with van der Waals surface area (Å²) in [6.07, 6.45) is 1.79. The quantitative estimate of drug-likeness (QED) is 0.241. The van der Waals surface area contributed by atoms with Crippen LogP contribution in [0.2, 0.25) is 0 Å². The lowest BCUT2D eigenvalue weighted by molar-refractivity contribution is -0.139. The number of ketones is 1. The Morgan fingerprint density at radius 1 is 1.36 bits per heavy atom. The summed E-state index contributed by atoms with van der Waals surface area (Å²) in [5, 5.41) is 9.38. The van der Waals surface area contributed by atoms with Crippen molar-refractivity contribution in [3.05, 3.63) is 39.2 Å². The lowest BCUT2D eigenvalue weighted by Crippen LogP contribution is -2.07. The molecule has 0 aromatic heterocycles. The topological polar surface area (TPSA) is 72.8 Å². The fourth-order valence-corrected chi connectivity index (χ4v) is 2.22. The van der Waals surface area contributed by atoms with Crippen LogP contribution in [0.4, 0.5) is 0 Å². The van der Waals surface area contributed by atoms with Crippen LogP contribution in [0.1, 0.15) is 30.6 Å². The molecule has 1 aromatic rings. The number of rotatable bonds is 7. The molecule has 1 N–H and O–H groups in total. The third-order valence-electron chi connectivity index (χ3n) is 2.83. The van der Waals surface area contributed by atoms with Crippen LogP contribution in [0.3, 0.4) is 0 Å². The number of hydrogen-bond acceptors (Lipinski definition) is 5. The smallest absolute Gasteiger partial charge is 0.373 e. The Labute approximate surface area is 143 Å². The van der Waals surface area contributed by atoms with Gasteiger partial charge in [-0.3, -0.25) is 4.79 Å². The SMILES string of the molecule is COC(=O)/C(O)=C/C(=O)c1ccc(OCCC(C)C)c(I)c1. The van der Waals surface area contributed by atoms with E-state index in [1.165, 1.54) is 0 Å². The number of aliphatic hydroxyl groups is 1. The van der Waals surface area contributed by atoms with Crippen molar-refractivity contribution >= 4 is 34.3 Å². The summed E-state index contributed by atoms with van der Waals surface area (Å²) in [4.78, 5) is 23.0. The summed E-state index contributed by atoms with van der Waals surface area (Å²) < 4.78 is 10.8. The van der Waals surface area contributed by atoms with Crippen LogP contribution in [-0.2, 0) is 9.53 Å². The average molecular weight is 418 g/mol. The summed E-state index contributed by atoms with van der Waals surface area (Å²) in [5.74, 6) is -0.880. The van der Waals surface area contributed by atoms with Gasteiger partial charge in [-0.1, -0.05) is 13.8 Å². The summed E-state index contributed by atoms with van der Waals surface area (Å²) in [6.45, 7) is 4.86. The van der Waals surface area contributed by atoms with E-state index >= 15 is 0 Å². The predicted molar refractivity (Wildman–Crippen MR) is 91.2 cm³/mol. The number of carbonyl (C=O) groups excluding carboxylic acids is 2. The number of allylic oxidation sites excluding steroid dienone is 1. The van der Waals surface area contributed by atoms with E-state index in [4.69, 9.17) is 4.74 Å². The predicted octanol–water partition coefficient (Wildman–Crippen LogP) is 3.51. The van der Waals surface area contributed by atoms with Gasteiger partial charge >= 0.3 is 5.97 Å². The van der Waals surface area contributed by atoms with Crippen molar-refractivity contribution in [2.75, 3.05) is 13.7 Å². The first-order valence-electron chi connectivity index (χ1n) is 6.80. The van der Waals surface area contributed by atoms with Gasteiger partial charge in [0.15, 0.2) is 5.78 Å². The van der Waals surface area contributed by atoms with Crippen molar-refractivity contribution in [3.63, 3.8) is 0 Å². The van der Waals surface area contributed by atoms with E-state index in [9.17, 15) is 14.7 Å². The van der Waals surface area contributed by atoms with Gasteiger partial charge < -0.3 is 14.6 Å². The van der Waals surface area contributed by atoms with E-state index in [-0.39, 0.29) is 0 Å². The normalized spacial score (nSPS) is 11.4. The maximum atomic E-state index is 12.0. The molecule has 0 amide bonds. The van der Waals surface area contributed by atoms with Gasteiger partial charge in [0.1, 0.15) is 5.75 Å². The van der Waals surface area contributed by atoms with Crippen LogP contribution in [0.15, 0.2) is 30.0 Å². The highest BCUT2D eigenvalue weighted by Crippen LogP contribution is 2.23. The fourth-order valence-electron chi connectivity index (χ4n) is 1.55. The molecule has 0 fully saturated rings. The minimum Gasteiger partial charge on any atom is -0.502 e. The number of hydrogen-bond donors (Lipinski definition) is 1. The number of methoxy groups -OCH3 is 1. The van der Waals surface area contributed by atoms with Crippen molar-refractivity contribution in [1.82, 2.24) is 0 Å². The van der Waals surface area contributed by atoms with Crippen molar-refractivity contribution in [1.29, 1.82) is 0 Å². The third kappa shape index (κ3) is 5.67. The molecule has 0 heterocycles. The van der Waals surface area contributed by atoms with Gasteiger partial charge in [-0.15, -0.1) is 0 Å². The molecular formula is C16H19IO5. The molecule has 1 aromatic carbocycles. The van der Waals surface area contributed by atoms with E-state index in [1.54, 1.807) is 18.2 Å². The van der Waals surface area contributed by atoms with Gasteiger partial charge in [0.25, 0.3) is 0 Å². The molecule has 0 aliphatic carbocycles. The highest BCUT2D eigenvalue weighted by molar-refractivity contribution is 14.1. The number of aliphatic hydroxyl groups excluding tert-OH is 1. The summed E-state index contributed by atoms with van der Waals surface area (Å²) in [7, 11) is 1.13. The third-order valence-corrected chi connectivity index (χ3v) is 3.67. The molecular weight excluding hydrogens is 399 g/mol. The summed E-state index contributed by atoms with van der Waals surface area (Å²) in [6, 6.07) is 4.95. The molecule has 0 atom stereocenters. The summed E-state index contributed by atoms with van der Waals surface area (Å²) >= 11 is 2.08. The zero-order chi connectivity index (χ0) is 16.7. The molecule has 22 heavy (non-hydrogen) atoms. The number of carbonyl (C=O) groups is 2. The highest BCUT2D eigenvalue weighted by Gasteiger charge is 2.13. The van der Waals surface area contributed by atoms with E-state index in [1.807, 2.05) is 0 Å². The van der Waals surface area contributed by atoms with Gasteiger partial charge in [0, 0.05) is 11.6 Å². The molecule has 0 bridgehead atoms. The highest BCUT2D eigenvalue weighted by atomic mass is 127. The molecule has 120 valence electrons. The Morgan fingerprint density at radius 2 is 2.05 bits per heavy atom. The Hall–Kier alpha value is -1.57. The van der Waals surface area contributed by atoms with Gasteiger partial charge in [-0.25, -0.2) is 4.79 Å². The maximum absolute atomic E-state index is 12.0. The molecule has 0 spiro atoms. The largest absolute Gasteiger partial charge is 0.502 e. The molecule has 0 unspecified atom stereocenters. The molecule has 5 nitrogen and oxygen atoms in total. The molecule has 6 heteroatoms. The Balaban J connectivity index is 2.80. The number of benzene rings is 1. The van der Waals surface area contributed by atoms with Crippen LogP contribution in [0.5, 0.6) is 5.75 Å². The zero-order valence-corrected chi connectivity index (χ0v) is 14.9. The number of esters is 1. The van der Waals surface area contributed by atoms with Crippen LogP contribution < -0.4 is 4.74 Å². The standard InChI is InChI=1S/C16H19IO5/c1-10(2)6-7-22-15-5-4-11(8-12(15)17)13(18)9-14(19)16(20)21-3/h4-5,8-10,19H,6-7H2,1-3H3/b14-9-. The molecule has 0 radical (unpaired) electrons. The Morgan fingerprint density at radius 3 is 2.59 bits per heavy atom. The molecule has 0 aliphatic heterocycles. The van der Waals surface area contributed by atoms with Crippen molar-refractivity contribution in [3.8, 4) is 5.75 Å². The van der Waals surface area contributed by atoms with Gasteiger partial charge in [0.2, 0.25) is 5.76 Å². The monoisotopic (exact) mass is 418 g/mol. The van der Waals surface area contributed by atoms with Crippen LogP contribution in [0.25, 0.3) is 0 Å². The van der Waals surface area contributed by atoms with E-state index in [2.05, 4.69) is 41.2 Å². The average Bonchev–Trinajstić information content (AvgIpc) is 2.47. The van der Waals surface area contributed by atoms with Gasteiger partial charge in [-0.2, -0.15) is 0 Å². The minimum atomic E-state index is -0.948. The summed E-state index contributed by atoms with van der Waals surface area (Å²) in [5.41, 5.74) is 0.357. The zero-order valence-electron chi connectivity index (χ0n) is 12.8. The molecule has 0 aliphatic rings. The first-order valence-corrected chi connectivity index (χ1v) is 7.88. The Kier molecular flexibility index (Phi) is 7.37. The molecule has 0 saturated heterocycles. The minimum absolute atomic E-state index is 0.357. The van der Waals surface area contributed by atoms with Crippen LogP contribution in [0, 0.1) is 9.49 Å². The second-order valence-electron chi connectivity index (χ2n) is 5.06. The maximum Gasteiger partial charge on any atom is 0.373 e. The van der Waals surface area contributed by atoms with E-state index in [0.29, 0.717) is 23.8 Å². The first kappa shape index (κ1) is 18.5. The molecule has 1 rings (SSSR count). The van der Waals surface area contributed by atoms with Crippen molar-refractivity contribution < 1.29 is 24.2 Å². The van der Waals surface area contributed by atoms with Crippen LogP contribution >= 0.6 is 22.6 Å². The van der Waals surface area contributed by atoms with E-state index in [0.717, 1.165) is 23.2 Å². The van der Waals surface area contributed by atoms with Gasteiger partial charge in [-0.05, 0) is 53.1 Å². The second kappa shape index (κ2) is 8.77. The number of ether oxygens (including phenoxy) is 2. The van der Waals surface area contributed by atoms with Crippen molar-refractivity contribution in [2.45, 2.75) is 20.3 Å². The fraction of sp³-hybridized carbons (Fsp3) is 0.375. The Bertz CT molecular complexity index is 578. The second-order valence-corrected chi connectivity index (χ2v) is 6.22. The van der Waals surface area contributed by atoms with Crippen molar-refractivity contribution in [2.24, 2.45) is 5.92 Å². The lowest BCUT2D eigenvalue weighted by Gasteiger charge is -2.10. The first-order chi connectivity index (χ1) is 10.3.